The summed E-state index contributed by atoms with van der Waals surface area (Å²) in [5.74, 6) is 0.252. The van der Waals surface area contributed by atoms with Crippen LogP contribution in [0.3, 0.4) is 0 Å². The van der Waals surface area contributed by atoms with Crippen LogP contribution >= 0.6 is 0 Å². The minimum atomic E-state index is -0.724. The van der Waals surface area contributed by atoms with Crippen LogP contribution in [0.5, 0.6) is 0 Å². The second kappa shape index (κ2) is 3.94. The Bertz CT molecular complexity index is 196. The number of nitrogens with zero attached hydrogens (tertiary/aromatic N) is 2. The molecule has 1 aliphatic heterocycles. The third-order valence-corrected chi connectivity index (χ3v) is 1.90. The molecule has 0 saturated carbocycles. The van der Waals surface area contributed by atoms with E-state index in [9.17, 15) is 4.79 Å². The summed E-state index contributed by atoms with van der Waals surface area (Å²) in [7, 11) is 0. The van der Waals surface area contributed by atoms with Crippen molar-refractivity contribution in [3.05, 3.63) is 0 Å². The van der Waals surface area contributed by atoms with Crippen LogP contribution < -0.4 is 11.5 Å². The van der Waals surface area contributed by atoms with Crippen molar-refractivity contribution in [3.8, 4) is 0 Å². The van der Waals surface area contributed by atoms with Gasteiger partial charge in [0.25, 0.3) is 0 Å². The van der Waals surface area contributed by atoms with Crippen LogP contribution in [0, 0.1) is 0 Å². The summed E-state index contributed by atoms with van der Waals surface area (Å²) in [6.45, 7) is 1.76. The molecule has 0 aliphatic carbocycles. The van der Waals surface area contributed by atoms with E-state index in [4.69, 9.17) is 11.5 Å². The van der Waals surface area contributed by atoms with Crippen LogP contribution in [-0.2, 0) is 0 Å². The van der Waals surface area contributed by atoms with Crippen LogP contribution in [0.2, 0.25) is 0 Å². The van der Waals surface area contributed by atoms with E-state index < -0.39 is 6.03 Å². The van der Waals surface area contributed by atoms with Gasteiger partial charge in [0.15, 0.2) is 0 Å². The number of aliphatic imine (C=N–C) groups is 1. The molecule has 12 heavy (non-hydrogen) atoms. The molecule has 5 nitrogen and oxygen atoms in total. The Morgan fingerprint density at radius 3 is 2.25 bits per heavy atom. The zero-order chi connectivity index (χ0) is 8.97. The Labute approximate surface area is 71.4 Å². The number of guanidine groups is 1. The summed E-state index contributed by atoms with van der Waals surface area (Å²) in [6, 6.07) is -0.724. The number of piperidine rings is 1. The molecule has 1 fully saturated rings. The number of carbonyl (C=O) groups excluding carboxylic acids is 1. The van der Waals surface area contributed by atoms with Crippen LogP contribution in [0.1, 0.15) is 19.3 Å². The number of rotatable bonds is 0. The normalized spacial score (nSPS) is 19.3. The molecule has 0 atom stereocenters. The van der Waals surface area contributed by atoms with Crippen molar-refractivity contribution in [3.63, 3.8) is 0 Å². The Hall–Kier alpha value is -1.26. The molecule has 1 heterocycles. The van der Waals surface area contributed by atoms with Crippen LogP contribution in [0.4, 0.5) is 4.79 Å². The fourth-order valence-corrected chi connectivity index (χ4v) is 1.31. The van der Waals surface area contributed by atoms with Crippen molar-refractivity contribution in [1.82, 2.24) is 4.90 Å². The molecule has 68 valence electrons. The molecular weight excluding hydrogens is 156 g/mol. The summed E-state index contributed by atoms with van der Waals surface area (Å²) in [6.07, 6.45) is 3.43. The molecule has 0 bridgehead atoms. The molecule has 0 radical (unpaired) electrons. The Morgan fingerprint density at radius 1 is 1.17 bits per heavy atom. The molecule has 0 aromatic rings. The monoisotopic (exact) mass is 170 g/mol. The number of urea groups is 1. The Kier molecular flexibility index (Phi) is 2.90. The smallest absolute Gasteiger partial charge is 0.341 e. The van der Waals surface area contributed by atoms with Crippen molar-refractivity contribution in [1.29, 1.82) is 0 Å². The number of likely N-dealkylation sites (tertiary alicyclic amines) is 1. The molecule has 0 unspecified atom stereocenters. The molecule has 0 aromatic carbocycles. The average Bonchev–Trinajstić information content (AvgIpc) is 2.05. The lowest BCUT2D eigenvalue weighted by atomic mass is 10.1. The molecule has 1 saturated heterocycles. The minimum Gasteiger partial charge on any atom is -0.369 e. The summed E-state index contributed by atoms with van der Waals surface area (Å²) in [5.41, 5.74) is 10.4. The van der Waals surface area contributed by atoms with Crippen LogP contribution in [-0.4, -0.2) is 30.0 Å². The first-order chi connectivity index (χ1) is 5.70. The first-order valence-electron chi connectivity index (χ1n) is 4.08. The summed E-state index contributed by atoms with van der Waals surface area (Å²) in [4.78, 5) is 15.7. The maximum absolute atomic E-state index is 10.4. The standard InChI is InChI=1S/C7H14N4O/c8-6(10-7(9)12)11-4-2-1-3-5-11/h1-5H2,(H4,8,9,10,12). The number of amides is 2. The lowest BCUT2D eigenvalue weighted by Crippen LogP contribution is -2.41. The third-order valence-electron chi connectivity index (χ3n) is 1.90. The fraction of sp³-hybridized carbons (Fsp3) is 0.714. The molecule has 0 aromatic heterocycles. The first-order valence-corrected chi connectivity index (χ1v) is 4.08. The van der Waals surface area contributed by atoms with E-state index in [2.05, 4.69) is 4.99 Å². The van der Waals surface area contributed by atoms with Gasteiger partial charge in [-0.05, 0) is 19.3 Å². The van der Waals surface area contributed by atoms with Gasteiger partial charge < -0.3 is 16.4 Å². The van der Waals surface area contributed by atoms with E-state index in [1.807, 2.05) is 4.90 Å². The second-order valence-electron chi connectivity index (χ2n) is 2.86. The lowest BCUT2D eigenvalue weighted by Gasteiger charge is -2.26. The number of hydrogen-bond acceptors (Lipinski definition) is 1. The van der Waals surface area contributed by atoms with Gasteiger partial charge in [0, 0.05) is 13.1 Å². The summed E-state index contributed by atoms with van der Waals surface area (Å²) < 4.78 is 0. The van der Waals surface area contributed by atoms with Gasteiger partial charge in [-0.15, -0.1) is 0 Å². The predicted molar refractivity (Wildman–Crippen MR) is 46.6 cm³/mol. The zero-order valence-electron chi connectivity index (χ0n) is 6.99. The van der Waals surface area contributed by atoms with Crippen LogP contribution in [0.25, 0.3) is 0 Å². The highest BCUT2D eigenvalue weighted by molar-refractivity contribution is 5.90. The largest absolute Gasteiger partial charge is 0.369 e. The van der Waals surface area contributed by atoms with Crippen molar-refractivity contribution in [2.75, 3.05) is 13.1 Å². The van der Waals surface area contributed by atoms with Gasteiger partial charge in [-0.3, -0.25) is 0 Å². The highest BCUT2D eigenvalue weighted by Gasteiger charge is 2.12. The fourth-order valence-electron chi connectivity index (χ4n) is 1.31. The lowest BCUT2D eigenvalue weighted by molar-refractivity contribution is 0.256. The van der Waals surface area contributed by atoms with E-state index in [-0.39, 0.29) is 5.96 Å². The quantitative estimate of drug-likeness (QED) is 0.392. The number of carbonyl (C=O) groups is 1. The van der Waals surface area contributed by atoms with E-state index in [0.29, 0.717) is 0 Å². The highest BCUT2D eigenvalue weighted by atomic mass is 16.2. The maximum atomic E-state index is 10.4. The number of nitrogens with two attached hydrogens (primary N) is 2. The van der Waals surface area contributed by atoms with Gasteiger partial charge in [0.2, 0.25) is 5.96 Å². The average molecular weight is 170 g/mol. The summed E-state index contributed by atoms with van der Waals surface area (Å²) in [5, 5.41) is 0. The van der Waals surface area contributed by atoms with E-state index in [0.717, 1.165) is 25.9 Å². The minimum absolute atomic E-state index is 0.252. The number of hydrogen-bond donors (Lipinski definition) is 2. The molecule has 1 aliphatic rings. The van der Waals surface area contributed by atoms with Crippen molar-refractivity contribution < 1.29 is 4.79 Å². The van der Waals surface area contributed by atoms with Crippen molar-refractivity contribution >= 4 is 12.0 Å². The maximum Gasteiger partial charge on any atom is 0.341 e. The molecular formula is C7H14N4O. The molecule has 5 heteroatoms. The van der Waals surface area contributed by atoms with E-state index >= 15 is 0 Å². The molecule has 1 rings (SSSR count). The third kappa shape index (κ3) is 2.41. The van der Waals surface area contributed by atoms with Gasteiger partial charge in [0.05, 0.1) is 0 Å². The Balaban J connectivity index is 2.49. The van der Waals surface area contributed by atoms with E-state index in [1.54, 1.807) is 0 Å². The first kappa shape index (κ1) is 8.83. The van der Waals surface area contributed by atoms with Gasteiger partial charge in [-0.1, -0.05) is 0 Å². The molecule has 0 spiro atoms. The van der Waals surface area contributed by atoms with E-state index in [1.165, 1.54) is 6.42 Å². The van der Waals surface area contributed by atoms with Gasteiger partial charge in [-0.25, -0.2) is 4.79 Å². The zero-order valence-corrected chi connectivity index (χ0v) is 6.99. The molecule has 2 amide bonds. The number of primary amides is 1. The van der Waals surface area contributed by atoms with Crippen LogP contribution in [0.15, 0.2) is 4.99 Å². The topological polar surface area (TPSA) is 84.7 Å². The van der Waals surface area contributed by atoms with Gasteiger partial charge >= 0.3 is 6.03 Å². The second-order valence-corrected chi connectivity index (χ2v) is 2.86. The summed E-state index contributed by atoms with van der Waals surface area (Å²) >= 11 is 0. The molecule has 4 N–H and O–H groups in total. The Morgan fingerprint density at radius 2 is 1.75 bits per heavy atom. The van der Waals surface area contributed by atoms with Crippen molar-refractivity contribution in [2.24, 2.45) is 16.5 Å². The van der Waals surface area contributed by atoms with Gasteiger partial charge in [-0.2, -0.15) is 4.99 Å². The predicted octanol–water partition coefficient (Wildman–Crippen LogP) is -0.134. The highest BCUT2D eigenvalue weighted by Crippen LogP contribution is 2.07. The SMILES string of the molecule is NC(=O)N=C(N)N1CCCCC1. The van der Waals surface area contributed by atoms with Crippen molar-refractivity contribution in [2.45, 2.75) is 19.3 Å². The van der Waals surface area contributed by atoms with Gasteiger partial charge in [0.1, 0.15) is 0 Å².